The molecule has 2 aromatic heterocycles. The Labute approximate surface area is 125 Å². The third-order valence-corrected chi connectivity index (χ3v) is 4.07. The number of nitrogens with one attached hydrogen (secondary N) is 1. The molecule has 2 heterocycles. The van der Waals surface area contributed by atoms with Gasteiger partial charge in [0.2, 0.25) is 5.91 Å². The number of carbonyl (C=O) groups excluding carboxylic acids is 1. The standard InChI is InChI=1S/C14H15N5OS/c1-8-3-4-10-11(5-8)21-14(17-10)18-13(20)12(15)9-6-16-19(2)7-9/h3-7,12H,15H2,1-2H3,(H,17,18,20). The van der Waals surface area contributed by atoms with Gasteiger partial charge in [0.05, 0.1) is 16.4 Å². The predicted octanol–water partition coefficient (Wildman–Crippen LogP) is 1.98. The second-order valence-corrected chi connectivity index (χ2v) is 5.94. The molecule has 0 saturated heterocycles. The zero-order valence-electron chi connectivity index (χ0n) is 11.7. The molecule has 3 aromatic rings. The Morgan fingerprint density at radius 1 is 1.48 bits per heavy atom. The first-order valence-corrected chi connectivity index (χ1v) is 7.27. The van der Waals surface area contributed by atoms with Gasteiger partial charge in [0.15, 0.2) is 5.13 Å². The van der Waals surface area contributed by atoms with Crippen molar-refractivity contribution in [2.75, 3.05) is 5.32 Å². The molecule has 0 fully saturated rings. The van der Waals surface area contributed by atoms with E-state index in [4.69, 9.17) is 5.73 Å². The molecule has 1 atom stereocenters. The summed E-state index contributed by atoms with van der Waals surface area (Å²) in [5, 5.41) is 7.34. The molecule has 7 heteroatoms. The van der Waals surface area contributed by atoms with Gasteiger partial charge < -0.3 is 11.1 Å². The topological polar surface area (TPSA) is 85.8 Å². The molecule has 1 aromatic carbocycles. The van der Waals surface area contributed by atoms with Gasteiger partial charge in [-0.05, 0) is 24.6 Å². The van der Waals surface area contributed by atoms with Crippen LogP contribution in [-0.2, 0) is 11.8 Å². The van der Waals surface area contributed by atoms with Gasteiger partial charge in [-0.3, -0.25) is 9.48 Å². The molecule has 6 nitrogen and oxygen atoms in total. The molecular weight excluding hydrogens is 286 g/mol. The molecule has 3 rings (SSSR count). The van der Waals surface area contributed by atoms with E-state index in [2.05, 4.69) is 15.4 Å². The van der Waals surface area contributed by atoms with E-state index in [1.54, 1.807) is 24.1 Å². The van der Waals surface area contributed by atoms with Crippen LogP contribution in [0.2, 0.25) is 0 Å². The highest BCUT2D eigenvalue weighted by Gasteiger charge is 2.18. The number of nitrogens with zero attached hydrogens (tertiary/aromatic N) is 3. The quantitative estimate of drug-likeness (QED) is 0.774. The van der Waals surface area contributed by atoms with Crippen LogP contribution in [0.5, 0.6) is 0 Å². The SMILES string of the molecule is Cc1ccc2nc(NC(=O)C(N)c3cnn(C)c3)sc2c1. The smallest absolute Gasteiger partial charge is 0.247 e. The number of carbonyl (C=O) groups is 1. The number of rotatable bonds is 3. The summed E-state index contributed by atoms with van der Waals surface area (Å²) in [6, 6.07) is 5.23. The van der Waals surface area contributed by atoms with E-state index in [0.29, 0.717) is 10.7 Å². The summed E-state index contributed by atoms with van der Waals surface area (Å²) in [4.78, 5) is 16.5. The van der Waals surface area contributed by atoms with Crippen molar-refractivity contribution in [1.82, 2.24) is 14.8 Å². The largest absolute Gasteiger partial charge is 0.316 e. The van der Waals surface area contributed by atoms with Crippen LogP contribution in [0.4, 0.5) is 5.13 Å². The zero-order valence-corrected chi connectivity index (χ0v) is 12.5. The number of benzene rings is 1. The van der Waals surface area contributed by atoms with Crippen LogP contribution in [0, 0.1) is 6.92 Å². The molecule has 0 saturated carbocycles. The van der Waals surface area contributed by atoms with Gasteiger partial charge in [-0.2, -0.15) is 5.10 Å². The van der Waals surface area contributed by atoms with Crippen molar-refractivity contribution in [2.45, 2.75) is 13.0 Å². The molecule has 0 spiro atoms. The highest BCUT2D eigenvalue weighted by atomic mass is 32.1. The summed E-state index contributed by atoms with van der Waals surface area (Å²) in [5.41, 5.74) is 8.64. The fourth-order valence-corrected chi connectivity index (χ4v) is 2.99. The van der Waals surface area contributed by atoms with Crippen LogP contribution in [-0.4, -0.2) is 20.7 Å². The number of anilines is 1. The Morgan fingerprint density at radius 2 is 2.29 bits per heavy atom. The summed E-state index contributed by atoms with van der Waals surface area (Å²) in [7, 11) is 1.78. The van der Waals surface area contributed by atoms with Crippen LogP contribution in [0.1, 0.15) is 17.2 Å². The molecule has 0 aliphatic rings. The summed E-state index contributed by atoms with van der Waals surface area (Å²) in [5.74, 6) is -0.293. The molecule has 108 valence electrons. The number of hydrogen-bond acceptors (Lipinski definition) is 5. The van der Waals surface area contributed by atoms with Gasteiger partial charge in [-0.1, -0.05) is 17.4 Å². The maximum Gasteiger partial charge on any atom is 0.247 e. The lowest BCUT2D eigenvalue weighted by Crippen LogP contribution is -2.27. The first-order chi connectivity index (χ1) is 10.0. The Kier molecular flexibility index (Phi) is 3.44. The minimum absolute atomic E-state index is 0.293. The van der Waals surface area contributed by atoms with Crippen molar-refractivity contribution < 1.29 is 4.79 Å². The second kappa shape index (κ2) is 5.27. The van der Waals surface area contributed by atoms with Gasteiger partial charge in [0.25, 0.3) is 0 Å². The summed E-state index contributed by atoms with van der Waals surface area (Å²) < 4.78 is 2.66. The first kappa shape index (κ1) is 13.7. The molecule has 1 unspecified atom stereocenters. The first-order valence-electron chi connectivity index (χ1n) is 6.45. The number of fused-ring (bicyclic) bond motifs is 1. The van der Waals surface area contributed by atoms with Crippen LogP contribution in [0.3, 0.4) is 0 Å². The number of aromatic nitrogens is 3. The summed E-state index contributed by atoms with van der Waals surface area (Å²) in [6.07, 6.45) is 3.32. The van der Waals surface area contributed by atoms with E-state index in [0.717, 1.165) is 15.8 Å². The lowest BCUT2D eigenvalue weighted by molar-refractivity contribution is -0.117. The van der Waals surface area contributed by atoms with Crippen molar-refractivity contribution in [3.63, 3.8) is 0 Å². The molecule has 3 N–H and O–H groups in total. The molecule has 1 amide bonds. The molecule has 0 aliphatic heterocycles. The Balaban J connectivity index is 1.79. The molecular formula is C14H15N5OS. The van der Waals surface area contributed by atoms with Crippen LogP contribution in [0.25, 0.3) is 10.2 Å². The zero-order chi connectivity index (χ0) is 15.0. The van der Waals surface area contributed by atoms with Crippen molar-refractivity contribution >= 4 is 32.6 Å². The van der Waals surface area contributed by atoms with Gasteiger partial charge in [-0.25, -0.2) is 4.98 Å². The van der Waals surface area contributed by atoms with Gasteiger partial charge in [-0.15, -0.1) is 0 Å². The fourth-order valence-electron chi connectivity index (χ4n) is 2.02. The highest BCUT2D eigenvalue weighted by Crippen LogP contribution is 2.27. The van der Waals surface area contributed by atoms with Crippen LogP contribution in [0.15, 0.2) is 30.6 Å². The minimum atomic E-state index is -0.757. The number of amides is 1. The van der Waals surface area contributed by atoms with Crippen LogP contribution >= 0.6 is 11.3 Å². The van der Waals surface area contributed by atoms with Crippen molar-refractivity contribution in [3.05, 3.63) is 41.7 Å². The van der Waals surface area contributed by atoms with E-state index >= 15 is 0 Å². The van der Waals surface area contributed by atoms with Crippen molar-refractivity contribution in [3.8, 4) is 0 Å². The van der Waals surface area contributed by atoms with E-state index in [9.17, 15) is 4.79 Å². The number of thiazole rings is 1. The van der Waals surface area contributed by atoms with Crippen molar-refractivity contribution in [1.29, 1.82) is 0 Å². The van der Waals surface area contributed by atoms with Gasteiger partial charge in [0, 0.05) is 18.8 Å². The average Bonchev–Trinajstić information content (AvgIpc) is 3.03. The Morgan fingerprint density at radius 3 is 3.00 bits per heavy atom. The monoisotopic (exact) mass is 301 g/mol. The Bertz CT molecular complexity index is 807. The number of hydrogen-bond donors (Lipinski definition) is 2. The highest BCUT2D eigenvalue weighted by molar-refractivity contribution is 7.22. The lowest BCUT2D eigenvalue weighted by Gasteiger charge is -2.07. The molecule has 21 heavy (non-hydrogen) atoms. The van der Waals surface area contributed by atoms with Crippen molar-refractivity contribution in [2.24, 2.45) is 12.8 Å². The van der Waals surface area contributed by atoms with E-state index < -0.39 is 6.04 Å². The Hall–Kier alpha value is -2.25. The van der Waals surface area contributed by atoms with Gasteiger partial charge >= 0.3 is 0 Å². The maximum absolute atomic E-state index is 12.2. The summed E-state index contributed by atoms with van der Waals surface area (Å²) in [6.45, 7) is 2.02. The summed E-state index contributed by atoms with van der Waals surface area (Å²) >= 11 is 1.44. The average molecular weight is 301 g/mol. The van der Waals surface area contributed by atoms with Crippen LogP contribution < -0.4 is 11.1 Å². The fraction of sp³-hybridized carbons (Fsp3) is 0.214. The number of nitrogens with two attached hydrogens (primary N) is 1. The van der Waals surface area contributed by atoms with E-state index in [1.807, 2.05) is 25.1 Å². The predicted molar refractivity (Wildman–Crippen MR) is 83.1 cm³/mol. The molecule has 0 radical (unpaired) electrons. The van der Waals surface area contributed by atoms with E-state index in [1.165, 1.54) is 11.3 Å². The number of aryl methyl sites for hydroxylation is 2. The van der Waals surface area contributed by atoms with Gasteiger partial charge in [0.1, 0.15) is 6.04 Å². The second-order valence-electron chi connectivity index (χ2n) is 4.90. The minimum Gasteiger partial charge on any atom is -0.316 e. The third-order valence-electron chi connectivity index (χ3n) is 3.14. The normalized spacial score (nSPS) is 12.5. The maximum atomic E-state index is 12.2. The molecule has 0 aliphatic carbocycles. The van der Waals surface area contributed by atoms with E-state index in [-0.39, 0.29) is 5.91 Å². The lowest BCUT2D eigenvalue weighted by atomic mass is 10.1. The third kappa shape index (κ3) is 2.79. The molecule has 0 bridgehead atoms.